The summed E-state index contributed by atoms with van der Waals surface area (Å²) in [7, 11) is 0. The summed E-state index contributed by atoms with van der Waals surface area (Å²) in [6, 6.07) is 17.1. The Bertz CT molecular complexity index is 690. The fourth-order valence-electron chi connectivity index (χ4n) is 1.72. The fraction of sp³-hybridized carbons (Fsp3) is 0.0625. The van der Waals surface area contributed by atoms with E-state index in [1.807, 2.05) is 54.6 Å². The first kappa shape index (κ1) is 14.4. The van der Waals surface area contributed by atoms with E-state index in [4.69, 9.17) is 10.3 Å². The van der Waals surface area contributed by atoms with Crippen LogP contribution in [0.25, 0.3) is 16.5 Å². The van der Waals surface area contributed by atoms with Gasteiger partial charge in [0.1, 0.15) is 12.4 Å². The minimum absolute atomic E-state index is 0.440. The smallest absolute Gasteiger partial charge is 0.242 e. The van der Waals surface area contributed by atoms with Gasteiger partial charge in [0.25, 0.3) is 0 Å². The molecule has 1 amide bonds. The van der Waals surface area contributed by atoms with Crippen LogP contribution in [-0.2, 0) is 11.4 Å². The zero-order chi connectivity index (χ0) is 14.9. The maximum absolute atomic E-state index is 11.2. The van der Waals surface area contributed by atoms with Crippen LogP contribution in [0.1, 0.15) is 11.1 Å². The Kier molecular flexibility index (Phi) is 5.15. The molecule has 5 nitrogen and oxygen atoms in total. The van der Waals surface area contributed by atoms with Gasteiger partial charge in [0, 0.05) is 10.5 Å². The number of ether oxygens (including phenoxy) is 1. The average Bonchev–Trinajstić information content (AvgIpc) is 2.53. The maximum Gasteiger partial charge on any atom is 0.242 e. The molecule has 5 heteroatoms. The summed E-state index contributed by atoms with van der Waals surface area (Å²) in [5.74, 6) is 0.0155. The molecular weight excluding hydrogens is 266 g/mol. The molecule has 0 aromatic heterocycles. The Hall–Kier alpha value is -3.04. The van der Waals surface area contributed by atoms with Crippen LogP contribution in [-0.4, -0.2) is 5.91 Å². The quantitative estimate of drug-likeness (QED) is 0.357. The van der Waals surface area contributed by atoms with E-state index in [9.17, 15) is 4.79 Å². The summed E-state index contributed by atoms with van der Waals surface area (Å²) >= 11 is 0. The van der Waals surface area contributed by atoms with Crippen LogP contribution >= 0.6 is 0 Å². The van der Waals surface area contributed by atoms with Crippen molar-refractivity contribution in [3.63, 3.8) is 0 Å². The van der Waals surface area contributed by atoms with E-state index >= 15 is 0 Å². The second kappa shape index (κ2) is 7.53. The molecule has 0 saturated heterocycles. The zero-order valence-electron chi connectivity index (χ0n) is 11.2. The Morgan fingerprint density at radius 1 is 1.14 bits per heavy atom. The van der Waals surface area contributed by atoms with Gasteiger partial charge in [-0.3, -0.25) is 4.79 Å². The van der Waals surface area contributed by atoms with Crippen molar-refractivity contribution < 1.29 is 9.53 Å². The molecule has 2 aromatic carbocycles. The number of benzene rings is 2. The number of carbonyl (C=O) groups is 1. The van der Waals surface area contributed by atoms with Crippen LogP contribution in [0.2, 0.25) is 0 Å². The normalized spacial score (nSPS) is 10.1. The lowest BCUT2D eigenvalue weighted by Crippen LogP contribution is -1.96. The Labute approximate surface area is 122 Å². The van der Waals surface area contributed by atoms with Crippen molar-refractivity contribution in [2.75, 3.05) is 0 Å². The number of para-hydroxylation sites is 1. The van der Waals surface area contributed by atoms with Gasteiger partial charge in [0.2, 0.25) is 5.91 Å². The predicted molar refractivity (Wildman–Crippen MR) is 80.4 cm³/mol. The highest BCUT2D eigenvalue weighted by Crippen LogP contribution is 2.20. The number of carbonyl (C=O) groups excluding carboxylic acids is 1. The summed E-state index contributed by atoms with van der Waals surface area (Å²) in [5.41, 5.74) is 9.98. The third-order valence-corrected chi connectivity index (χ3v) is 2.70. The monoisotopic (exact) mass is 279 g/mol. The Balaban J connectivity index is 2.10. The molecule has 0 aliphatic rings. The van der Waals surface area contributed by atoms with Crippen LogP contribution < -0.4 is 4.74 Å². The molecule has 0 bridgehead atoms. The van der Waals surface area contributed by atoms with Crippen LogP contribution in [0.15, 0.2) is 65.8 Å². The minimum atomic E-state index is -0.643. The molecule has 0 aliphatic carbocycles. The summed E-state index contributed by atoms with van der Waals surface area (Å²) in [6.07, 6.45) is 2.78. The molecule has 0 unspecified atom stereocenters. The predicted octanol–water partition coefficient (Wildman–Crippen LogP) is 4.12. The van der Waals surface area contributed by atoms with Crippen molar-refractivity contribution in [1.82, 2.24) is 0 Å². The topological polar surface area (TPSA) is 75.1 Å². The maximum atomic E-state index is 11.2. The Morgan fingerprint density at radius 2 is 1.86 bits per heavy atom. The molecule has 21 heavy (non-hydrogen) atoms. The molecule has 0 radical (unpaired) electrons. The SMILES string of the molecule is [N-]=[N+]=NC(=O)/C=C/c1ccccc1OCc1ccccc1. The summed E-state index contributed by atoms with van der Waals surface area (Å²) in [5, 5.41) is 2.98. The van der Waals surface area contributed by atoms with Gasteiger partial charge in [-0.1, -0.05) is 48.5 Å². The number of amides is 1. The molecule has 104 valence electrons. The Morgan fingerprint density at radius 3 is 2.62 bits per heavy atom. The van der Waals surface area contributed by atoms with E-state index in [0.717, 1.165) is 11.1 Å². The van der Waals surface area contributed by atoms with Crippen molar-refractivity contribution in [2.24, 2.45) is 5.11 Å². The third-order valence-electron chi connectivity index (χ3n) is 2.70. The van der Waals surface area contributed by atoms with E-state index in [0.29, 0.717) is 12.4 Å². The van der Waals surface area contributed by atoms with Gasteiger partial charge in [0.05, 0.1) is 0 Å². The second-order valence-electron chi connectivity index (χ2n) is 4.17. The van der Waals surface area contributed by atoms with Gasteiger partial charge in [0.15, 0.2) is 0 Å². The first-order valence-electron chi connectivity index (χ1n) is 6.32. The zero-order valence-corrected chi connectivity index (χ0v) is 11.2. The molecule has 0 atom stereocenters. The lowest BCUT2D eigenvalue weighted by molar-refractivity contribution is -0.113. The third kappa shape index (κ3) is 4.53. The molecule has 0 N–H and O–H groups in total. The summed E-state index contributed by atoms with van der Waals surface area (Å²) < 4.78 is 5.75. The number of nitrogens with zero attached hydrogens (tertiary/aromatic N) is 3. The molecule has 0 fully saturated rings. The van der Waals surface area contributed by atoms with Crippen molar-refractivity contribution in [1.29, 1.82) is 0 Å². The molecule has 0 saturated carbocycles. The fourth-order valence-corrected chi connectivity index (χ4v) is 1.72. The van der Waals surface area contributed by atoms with E-state index in [1.54, 1.807) is 6.08 Å². The lowest BCUT2D eigenvalue weighted by Gasteiger charge is -2.09. The van der Waals surface area contributed by atoms with Gasteiger partial charge in [-0.2, -0.15) is 0 Å². The van der Waals surface area contributed by atoms with Gasteiger partial charge in [-0.05, 0) is 34.4 Å². The second-order valence-corrected chi connectivity index (χ2v) is 4.17. The van der Waals surface area contributed by atoms with Crippen LogP contribution in [0, 0.1) is 0 Å². The van der Waals surface area contributed by atoms with Crippen molar-refractivity contribution in [3.8, 4) is 5.75 Å². The lowest BCUT2D eigenvalue weighted by atomic mass is 10.2. The van der Waals surface area contributed by atoms with Crippen LogP contribution in [0.3, 0.4) is 0 Å². The van der Waals surface area contributed by atoms with Gasteiger partial charge >= 0.3 is 0 Å². The highest BCUT2D eigenvalue weighted by molar-refractivity contribution is 5.92. The van der Waals surface area contributed by atoms with Crippen molar-refractivity contribution in [2.45, 2.75) is 6.61 Å². The van der Waals surface area contributed by atoms with E-state index in [1.165, 1.54) is 6.08 Å². The number of hydrogen-bond acceptors (Lipinski definition) is 2. The van der Waals surface area contributed by atoms with E-state index < -0.39 is 5.91 Å². The molecule has 2 aromatic rings. The number of azide groups is 1. The van der Waals surface area contributed by atoms with Gasteiger partial charge in [-0.25, -0.2) is 0 Å². The first-order chi connectivity index (χ1) is 10.3. The van der Waals surface area contributed by atoms with Gasteiger partial charge in [-0.15, -0.1) is 0 Å². The molecule has 0 aliphatic heterocycles. The molecule has 0 spiro atoms. The highest BCUT2D eigenvalue weighted by Gasteiger charge is 2.01. The molecular formula is C16H13N3O2. The van der Waals surface area contributed by atoms with Crippen LogP contribution in [0.4, 0.5) is 0 Å². The summed E-state index contributed by atoms with van der Waals surface area (Å²) in [4.78, 5) is 13.6. The van der Waals surface area contributed by atoms with E-state index in [2.05, 4.69) is 10.0 Å². The average molecular weight is 279 g/mol. The summed E-state index contributed by atoms with van der Waals surface area (Å²) in [6.45, 7) is 0.440. The largest absolute Gasteiger partial charge is 0.488 e. The van der Waals surface area contributed by atoms with Gasteiger partial charge < -0.3 is 4.74 Å². The minimum Gasteiger partial charge on any atom is -0.488 e. The molecule has 0 heterocycles. The van der Waals surface area contributed by atoms with Crippen LogP contribution in [0.5, 0.6) is 5.75 Å². The number of rotatable bonds is 5. The van der Waals surface area contributed by atoms with E-state index in [-0.39, 0.29) is 0 Å². The standard InChI is InChI=1S/C16H13N3O2/c17-19-18-16(20)11-10-14-8-4-5-9-15(14)21-12-13-6-2-1-3-7-13/h1-11H,12H2/b11-10+. The van der Waals surface area contributed by atoms with Crippen molar-refractivity contribution >= 4 is 12.0 Å². The van der Waals surface area contributed by atoms with Crippen molar-refractivity contribution in [3.05, 3.63) is 82.2 Å². The number of hydrogen-bond donors (Lipinski definition) is 0. The first-order valence-corrected chi connectivity index (χ1v) is 6.32. The molecule has 2 rings (SSSR count). The highest BCUT2D eigenvalue weighted by atomic mass is 16.5.